The largest absolute Gasteiger partial charge is 0.508 e. The molecule has 0 heterocycles. The second-order valence-electron chi connectivity index (χ2n) is 10.1. The molecule has 142 valence electrons. The molecule has 0 spiro atoms. The molecule has 3 heteroatoms. The first-order chi connectivity index (χ1) is 12.2. The van der Waals surface area contributed by atoms with Gasteiger partial charge in [0.2, 0.25) is 0 Å². The van der Waals surface area contributed by atoms with Crippen LogP contribution in [-0.2, 0) is 16.0 Å². The molecule has 0 aromatic heterocycles. The zero-order chi connectivity index (χ0) is 18.7. The van der Waals surface area contributed by atoms with Crippen molar-refractivity contribution in [1.82, 2.24) is 0 Å². The van der Waals surface area contributed by atoms with Gasteiger partial charge in [0.25, 0.3) is 0 Å². The topological polar surface area (TPSA) is 46.5 Å². The number of hydrogen-bond donors (Lipinski definition) is 1. The molecule has 5 atom stereocenters. The van der Waals surface area contributed by atoms with E-state index in [1.165, 1.54) is 30.4 Å². The van der Waals surface area contributed by atoms with E-state index in [1.807, 2.05) is 32.9 Å². The highest BCUT2D eigenvalue weighted by Crippen LogP contribution is 2.61. The number of aryl methyl sites for hydroxylation is 1. The van der Waals surface area contributed by atoms with Crippen LogP contribution >= 0.6 is 0 Å². The van der Waals surface area contributed by atoms with E-state index in [1.54, 1.807) is 0 Å². The summed E-state index contributed by atoms with van der Waals surface area (Å²) in [5.74, 6) is 2.26. The van der Waals surface area contributed by atoms with Crippen LogP contribution in [0.25, 0.3) is 0 Å². The van der Waals surface area contributed by atoms with E-state index >= 15 is 0 Å². The Bertz CT molecular complexity index is 717. The Labute approximate surface area is 157 Å². The van der Waals surface area contributed by atoms with Crippen LogP contribution in [-0.4, -0.2) is 17.2 Å². The Balaban J connectivity index is 1.57. The summed E-state index contributed by atoms with van der Waals surface area (Å²) in [6.07, 6.45) is 6.80. The summed E-state index contributed by atoms with van der Waals surface area (Å²) < 4.78 is 6.04. The molecule has 26 heavy (non-hydrogen) atoms. The minimum absolute atomic E-state index is 0.0593. The maximum Gasteiger partial charge on any atom is 0.311 e. The third kappa shape index (κ3) is 2.75. The number of fused-ring (bicyclic) bond motifs is 5. The normalized spacial score (nSPS) is 36.0. The molecule has 0 amide bonds. The third-order valence-electron chi connectivity index (χ3n) is 7.48. The zero-order valence-electron chi connectivity index (χ0n) is 16.5. The molecular formula is C23H32O3. The summed E-state index contributed by atoms with van der Waals surface area (Å²) in [4.78, 5) is 12.5. The zero-order valence-corrected chi connectivity index (χ0v) is 16.5. The Hall–Kier alpha value is -1.51. The van der Waals surface area contributed by atoms with Crippen LogP contribution in [0.4, 0.5) is 0 Å². The van der Waals surface area contributed by atoms with Crippen molar-refractivity contribution < 1.29 is 14.6 Å². The summed E-state index contributed by atoms with van der Waals surface area (Å²) in [5.41, 5.74) is 2.48. The van der Waals surface area contributed by atoms with Gasteiger partial charge in [0, 0.05) is 5.41 Å². The predicted octanol–water partition coefficient (Wildman–Crippen LogP) is 5.21. The first kappa shape index (κ1) is 17.9. The average molecular weight is 357 g/mol. The number of ether oxygens (including phenoxy) is 1. The molecule has 3 aliphatic carbocycles. The van der Waals surface area contributed by atoms with Crippen molar-refractivity contribution in [3.8, 4) is 5.75 Å². The Morgan fingerprint density at radius 2 is 1.96 bits per heavy atom. The molecule has 1 N–H and O–H groups in total. The first-order valence-electron chi connectivity index (χ1n) is 10.2. The molecule has 1 aromatic rings. The van der Waals surface area contributed by atoms with Gasteiger partial charge in [-0.25, -0.2) is 0 Å². The van der Waals surface area contributed by atoms with Gasteiger partial charge in [-0.2, -0.15) is 0 Å². The molecule has 3 aliphatic rings. The van der Waals surface area contributed by atoms with Crippen molar-refractivity contribution in [3.05, 3.63) is 29.3 Å². The van der Waals surface area contributed by atoms with E-state index in [0.29, 0.717) is 23.5 Å². The third-order valence-corrected chi connectivity index (χ3v) is 7.48. The predicted molar refractivity (Wildman–Crippen MR) is 102 cm³/mol. The van der Waals surface area contributed by atoms with Crippen molar-refractivity contribution in [2.24, 2.45) is 22.7 Å². The molecule has 3 nitrogen and oxygen atoms in total. The standard InChI is InChI=1S/C23H32O3/c1-22(2,3)21(25)26-20-10-9-19-18-7-5-14-13-15(24)6-8-16(14)17(18)11-12-23(19,20)4/h6,8,13,17-20,24H,5,7,9-12H2,1-4H3/t17-,18-,19+,20+,23+/m1/s1. The lowest BCUT2D eigenvalue weighted by Gasteiger charge is -2.50. The fourth-order valence-corrected chi connectivity index (χ4v) is 6.02. The van der Waals surface area contributed by atoms with Crippen LogP contribution in [0.15, 0.2) is 18.2 Å². The van der Waals surface area contributed by atoms with Crippen molar-refractivity contribution in [2.45, 2.75) is 78.2 Å². The van der Waals surface area contributed by atoms with E-state index in [2.05, 4.69) is 13.0 Å². The summed E-state index contributed by atoms with van der Waals surface area (Å²) in [6, 6.07) is 5.95. The van der Waals surface area contributed by atoms with Gasteiger partial charge in [-0.1, -0.05) is 13.0 Å². The number of phenols is 1. The monoisotopic (exact) mass is 356 g/mol. The molecule has 2 fully saturated rings. The van der Waals surface area contributed by atoms with Crippen LogP contribution in [0.2, 0.25) is 0 Å². The number of hydrogen-bond acceptors (Lipinski definition) is 3. The van der Waals surface area contributed by atoms with Crippen LogP contribution < -0.4 is 0 Å². The number of rotatable bonds is 1. The number of aromatic hydroxyl groups is 1. The number of benzene rings is 1. The molecule has 0 radical (unpaired) electrons. The number of carbonyl (C=O) groups is 1. The molecule has 2 saturated carbocycles. The van der Waals surface area contributed by atoms with Gasteiger partial charge in [0.15, 0.2) is 0 Å². The molecule has 0 unspecified atom stereocenters. The molecular weight excluding hydrogens is 324 g/mol. The van der Waals surface area contributed by atoms with Gasteiger partial charge in [-0.05, 0) is 100 Å². The van der Waals surface area contributed by atoms with E-state index in [0.717, 1.165) is 19.3 Å². The van der Waals surface area contributed by atoms with Gasteiger partial charge in [0.05, 0.1) is 5.41 Å². The van der Waals surface area contributed by atoms with Crippen LogP contribution in [0.3, 0.4) is 0 Å². The van der Waals surface area contributed by atoms with Crippen LogP contribution in [0.5, 0.6) is 5.75 Å². The number of carbonyl (C=O) groups excluding carboxylic acids is 1. The summed E-state index contributed by atoms with van der Waals surface area (Å²) in [7, 11) is 0. The van der Waals surface area contributed by atoms with Gasteiger partial charge < -0.3 is 9.84 Å². The lowest BCUT2D eigenvalue weighted by molar-refractivity contribution is -0.167. The van der Waals surface area contributed by atoms with E-state index < -0.39 is 5.41 Å². The first-order valence-corrected chi connectivity index (χ1v) is 10.2. The Morgan fingerprint density at radius 3 is 2.69 bits per heavy atom. The lowest BCUT2D eigenvalue weighted by Crippen LogP contribution is -2.46. The molecule has 0 bridgehead atoms. The van der Waals surface area contributed by atoms with Crippen molar-refractivity contribution in [1.29, 1.82) is 0 Å². The van der Waals surface area contributed by atoms with E-state index in [-0.39, 0.29) is 17.5 Å². The van der Waals surface area contributed by atoms with Crippen LogP contribution in [0, 0.1) is 22.7 Å². The van der Waals surface area contributed by atoms with Gasteiger partial charge in [0.1, 0.15) is 11.9 Å². The Kier molecular flexibility index (Phi) is 4.13. The lowest BCUT2D eigenvalue weighted by atomic mass is 9.55. The highest BCUT2D eigenvalue weighted by molar-refractivity contribution is 5.75. The highest BCUT2D eigenvalue weighted by Gasteiger charge is 2.56. The fraction of sp³-hybridized carbons (Fsp3) is 0.696. The summed E-state index contributed by atoms with van der Waals surface area (Å²) in [5, 5.41) is 9.81. The van der Waals surface area contributed by atoms with Crippen molar-refractivity contribution in [3.63, 3.8) is 0 Å². The number of esters is 1. The van der Waals surface area contributed by atoms with Crippen molar-refractivity contribution in [2.75, 3.05) is 0 Å². The second kappa shape index (κ2) is 6.00. The smallest absolute Gasteiger partial charge is 0.311 e. The van der Waals surface area contributed by atoms with E-state index in [9.17, 15) is 9.90 Å². The molecule has 0 saturated heterocycles. The second-order valence-corrected chi connectivity index (χ2v) is 10.1. The maximum absolute atomic E-state index is 12.5. The minimum atomic E-state index is -0.433. The quantitative estimate of drug-likeness (QED) is 0.703. The number of phenolic OH excluding ortho intramolecular Hbond substituents is 1. The molecule has 1 aromatic carbocycles. The summed E-state index contributed by atoms with van der Waals surface area (Å²) in [6.45, 7) is 8.19. The molecule has 4 rings (SSSR count). The molecule has 0 aliphatic heterocycles. The van der Waals surface area contributed by atoms with Crippen LogP contribution in [0.1, 0.15) is 76.8 Å². The average Bonchev–Trinajstić information content (AvgIpc) is 2.90. The van der Waals surface area contributed by atoms with Gasteiger partial charge in [-0.3, -0.25) is 4.79 Å². The highest BCUT2D eigenvalue weighted by atomic mass is 16.5. The summed E-state index contributed by atoms with van der Waals surface area (Å²) >= 11 is 0. The minimum Gasteiger partial charge on any atom is -0.508 e. The van der Waals surface area contributed by atoms with Crippen molar-refractivity contribution >= 4 is 5.97 Å². The van der Waals surface area contributed by atoms with E-state index in [4.69, 9.17) is 4.74 Å². The van der Waals surface area contributed by atoms with Gasteiger partial charge in [-0.15, -0.1) is 0 Å². The van der Waals surface area contributed by atoms with Gasteiger partial charge >= 0.3 is 5.97 Å². The fourth-order valence-electron chi connectivity index (χ4n) is 6.02. The Morgan fingerprint density at radius 1 is 1.19 bits per heavy atom. The maximum atomic E-state index is 12.5. The SMILES string of the molecule is CC(C)(C)C(=O)O[C@H]1CC[C@H]2[C@@H]3CCc4cc(O)ccc4[C@H]3CC[C@]12C.